The summed E-state index contributed by atoms with van der Waals surface area (Å²) in [5.41, 5.74) is 0. The smallest absolute Gasteiger partial charge is 0.238 e. The van der Waals surface area contributed by atoms with E-state index in [0.717, 1.165) is 25.7 Å². The van der Waals surface area contributed by atoms with Gasteiger partial charge in [-0.3, -0.25) is 4.79 Å². The maximum absolute atomic E-state index is 12.3. The van der Waals surface area contributed by atoms with Crippen molar-refractivity contribution in [1.82, 2.24) is 4.90 Å². The molecular formula is C15H20ClNO3S. The molecule has 6 heteroatoms. The second-order valence-electron chi connectivity index (χ2n) is 5.36. The highest BCUT2D eigenvalue weighted by molar-refractivity contribution is 7.92. The van der Waals surface area contributed by atoms with Crippen LogP contribution >= 0.6 is 11.6 Å². The van der Waals surface area contributed by atoms with Crippen LogP contribution in [-0.2, 0) is 14.6 Å². The number of rotatable bonds is 4. The number of carbonyl (C=O) groups excluding carboxylic acids is 1. The first kappa shape index (κ1) is 16.3. The number of nitrogens with zero attached hydrogens (tertiary/aromatic N) is 1. The van der Waals surface area contributed by atoms with Gasteiger partial charge in [0.25, 0.3) is 0 Å². The predicted octanol–water partition coefficient (Wildman–Crippen LogP) is 2.90. The van der Waals surface area contributed by atoms with Crippen molar-refractivity contribution in [2.45, 2.75) is 43.5 Å². The van der Waals surface area contributed by atoms with E-state index in [1.807, 2.05) is 6.92 Å². The zero-order valence-electron chi connectivity index (χ0n) is 12.1. The summed E-state index contributed by atoms with van der Waals surface area (Å²) < 4.78 is 24.6. The zero-order chi connectivity index (χ0) is 15.5. The second kappa shape index (κ2) is 6.79. The Hall–Kier alpha value is -1.07. The minimum atomic E-state index is -3.61. The monoisotopic (exact) mass is 329 g/mol. The molecule has 116 valence electrons. The van der Waals surface area contributed by atoms with Crippen LogP contribution in [0.15, 0.2) is 29.2 Å². The van der Waals surface area contributed by atoms with Gasteiger partial charge in [0.1, 0.15) is 5.75 Å². The summed E-state index contributed by atoms with van der Waals surface area (Å²) in [5.74, 6) is -0.762. The first-order chi connectivity index (χ1) is 9.94. The molecule has 1 amide bonds. The number of benzene rings is 1. The molecular weight excluding hydrogens is 310 g/mol. The molecule has 1 aliphatic heterocycles. The molecule has 1 aliphatic rings. The van der Waals surface area contributed by atoms with Gasteiger partial charge in [0, 0.05) is 17.6 Å². The highest BCUT2D eigenvalue weighted by Crippen LogP contribution is 2.21. The van der Waals surface area contributed by atoms with Crippen molar-refractivity contribution >= 4 is 27.3 Å². The number of carbonyl (C=O) groups is 1. The zero-order valence-corrected chi connectivity index (χ0v) is 13.7. The van der Waals surface area contributed by atoms with E-state index in [2.05, 4.69) is 0 Å². The molecule has 0 radical (unpaired) electrons. The maximum Gasteiger partial charge on any atom is 0.238 e. The van der Waals surface area contributed by atoms with Gasteiger partial charge in [-0.1, -0.05) is 18.5 Å². The van der Waals surface area contributed by atoms with Gasteiger partial charge in [-0.25, -0.2) is 8.42 Å². The van der Waals surface area contributed by atoms with Crippen molar-refractivity contribution in [2.75, 3.05) is 12.3 Å². The van der Waals surface area contributed by atoms with E-state index in [1.165, 1.54) is 24.3 Å². The number of sulfone groups is 1. The molecule has 1 aromatic carbocycles. The Kier molecular flexibility index (Phi) is 5.27. The molecule has 1 heterocycles. The molecule has 0 aromatic heterocycles. The Morgan fingerprint density at radius 2 is 1.95 bits per heavy atom. The van der Waals surface area contributed by atoms with Crippen molar-refractivity contribution in [3.8, 4) is 0 Å². The topological polar surface area (TPSA) is 54.5 Å². The number of hydrogen-bond donors (Lipinski definition) is 0. The van der Waals surface area contributed by atoms with Crippen molar-refractivity contribution < 1.29 is 13.2 Å². The van der Waals surface area contributed by atoms with E-state index in [1.54, 1.807) is 4.90 Å². The maximum atomic E-state index is 12.3. The summed E-state index contributed by atoms with van der Waals surface area (Å²) in [6.07, 6.45) is 3.88. The van der Waals surface area contributed by atoms with Crippen LogP contribution in [0.4, 0.5) is 0 Å². The van der Waals surface area contributed by atoms with Crippen LogP contribution in [-0.4, -0.2) is 37.6 Å². The fourth-order valence-electron chi connectivity index (χ4n) is 2.72. The Bertz CT molecular complexity index is 598. The lowest BCUT2D eigenvalue weighted by Gasteiger charge is -2.35. The standard InChI is InChI=1S/C15H20ClNO3S/c1-2-13-5-3-4-10-17(13)15(18)11-21(19,20)14-8-6-12(16)7-9-14/h6-9,13H,2-5,10-11H2,1H3. The summed E-state index contributed by atoms with van der Waals surface area (Å²) in [4.78, 5) is 14.2. The molecule has 4 nitrogen and oxygen atoms in total. The van der Waals surface area contributed by atoms with Gasteiger partial charge in [-0.15, -0.1) is 0 Å². The molecule has 0 N–H and O–H groups in total. The molecule has 2 rings (SSSR count). The average molecular weight is 330 g/mol. The van der Waals surface area contributed by atoms with Gasteiger partial charge >= 0.3 is 0 Å². The highest BCUT2D eigenvalue weighted by atomic mass is 35.5. The van der Waals surface area contributed by atoms with Gasteiger partial charge in [0.05, 0.1) is 4.90 Å². The highest BCUT2D eigenvalue weighted by Gasteiger charge is 2.29. The summed E-state index contributed by atoms with van der Waals surface area (Å²) in [6, 6.07) is 6.10. The molecule has 21 heavy (non-hydrogen) atoms. The normalized spacial score (nSPS) is 19.5. The van der Waals surface area contributed by atoms with Gasteiger partial charge < -0.3 is 4.90 Å². The number of amides is 1. The lowest BCUT2D eigenvalue weighted by Crippen LogP contribution is -2.45. The molecule has 1 saturated heterocycles. The van der Waals surface area contributed by atoms with Crippen molar-refractivity contribution in [2.24, 2.45) is 0 Å². The molecule has 0 spiro atoms. The van der Waals surface area contributed by atoms with Crippen LogP contribution in [0.1, 0.15) is 32.6 Å². The molecule has 0 saturated carbocycles. The SMILES string of the molecule is CCC1CCCCN1C(=O)CS(=O)(=O)c1ccc(Cl)cc1. The van der Waals surface area contributed by atoms with Crippen molar-refractivity contribution in [1.29, 1.82) is 0 Å². The number of halogens is 1. The van der Waals surface area contributed by atoms with Crippen LogP contribution in [0, 0.1) is 0 Å². The lowest BCUT2D eigenvalue weighted by atomic mass is 10.0. The van der Waals surface area contributed by atoms with Crippen LogP contribution < -0.4 is 0 Å². The number of piperidine rings is 1. The van der Waals surface area contributed by atoms with E-state index in [-0.39, 0.29) is 16.8 Å². The largest absolute Gasteiger partial charge is 0.339 e. The summed E-state index contributed by atoms with van der Waals surface area (Å²) in [6.45, 7) is 2.69. The number of likely N-dealkylation sites (tertiary alicyclic amines) is 1. The first-order valence-corrected chi connectivity index (χ1v) is 9.25. The van der Waals surface area contributed by atoms with Gasteiger partial charge in [0.15, 0.2) is 9.84 Å². The summed E-state index contributed by atoms with van der Waals surface area (Å²) in [5, 5.41) is 0.474. The molecule has 0 aliphatic carbocycles. The third-order valence-corrected chi connectivity index (χ3v) is 5.77. The van der Waals surface area contributed by atoms with Crippen LogP contribution in [0.3, 0.4) is 0 Å². The molecule has 1 fully saturated rings. The van der Waals surface area contributed by atoms with E-state index in [9.17, 15) is 13.2 Å². The molecule has 0 bridgehead atoms. The Labute approximate surface area is 131 Å². The van der Waals surface area contributed by atoms with E-state index in [4.69, 9.17) is 11.6 Å². The molecule has 1 unspecified atom stereocenters. The summed E-state index contributed by atoms with van der Waals surface area (Å²) >= 11 is 5.76. The fraction of sp³-hybridized carbons (Fsp3) is 0.533. The third-order valence-electron chi connectivity index (χ3n) is 3.90. The van der Waals surface area contributed by atoms with Gasteiger partial charge in [0.2, 0.25) is 5.91 Å². The first-order valence-electron chi connectivity index (χ1n) is 7.22. The minimum absolute atomic E-state index is 0.144. The Morgan fingerprint density at radius 1 is 1.29 bits per heavy atom. The van der Waals surface area contributed by atoms with Crippen LogP contribution in [0.25, 0.3) is 0 Å². The second-order valence-corrected chi connectivity index (χ2v) is 7.78. The molecule has 1 aromatic rings. The quantitative estimate of drug-likeness (QED) is 0.853. The predicted molar refractivity (Wildman–Crippen MR) is 83.1 cm³/mol. The van der Waals surface area contributed by atoms with Crippen molar-refractivity contribution in [3.63, 3.8) is 0 Å². The molecule has 1 atom stereocenters. The Morgan fingerprint density at radius 3 is 2.57 bits per heavy atom. The third kappa shape index (κ3) is 3.98. The summed E-state index contributed by atoms with van der Waals surface area (Å²) in [7, 11) is -3.61. The van der Waals surface area contributed by atoms with Gasteiger partial charge in [-0.2, -0.15) is 0 Å². The van der Waals surface area contributed by atoms with E-state index < -0.39 is 15.6 Å². The van der Waals surface area contributed by atoms with E-state index >= 15 is 0 Å². The van der Waals surface area contributed by atoms with Crippen LogP contribution in [0.5, 0.6) is 0 Å². The van der Waals surface area contributed by atoms with Gasteiger partial charge in [-0.05, 0) is 49.9 Å². The van der Waals surface area contributed by atoms with Crippen LogP contribution in [0.2, 0.25) is 5.02 Å². The Balaban J connectivity index is 2.12. The fourth-order valence-corrected chi connectivity index (χ4v) is 4.06. The van der Waals surface area contributed by atoms with E-state index in [0.29, 0.717) is 11.6 Å². The average Bonchev–Trinajstić information content (AvgIpc) is 2.47. The van der Waals surface area contributed by atoms with Crippen molar-refractivity contribution in [3.05, 3.63) is 29.3 Å². The minimum Gasteiger partial charge on any atom is -0.339 e. The number of hydrogen-bond acceptors (Lipinski definition) is 3. The lowest BCUT2D eigenvalue weighted by molar-refractivity contribution is -0.132.